The van der Waals surface area contributed by atoms with Gasteiger partial charge in [-0.3, -0.25) is 4.98 Å². The Bertz CT molecular complexity index is 552. The zero-order valence-corrected chi connectivity index (χ0v) is 14.1. The van der Waals surface area contributed by atoms with Crippen LogP contribution in [0.3, 0.4) is 0 Å². The molecule has 3 nitrogen and oxygen atoms in total. The van der Waals surface area contributed by atoms with Crippen LogP contribution in [-0.4, -0.2) is 23.3 Å². The highest BCUT2D eigenvalue weighted by molar-refractivity contribution is 6.62. The van der Waals surface area contributed by atoms with Crippen LogP contribution < -0.4 is 5.46 Å². The third-order valence-corrected chi connectivity index (χ3v) is 5.29. The largest absolute Gasteiger partial charge is 0.496 e. The maximum Gasteiger partial charge on any atom is 0.496 e. The van der Waals surface area contributed by atoms with Gasteiger partial charge in [-0.1, -0.05) is 18.2 Å². The van der Waals surface area contributed by atoms with Gasteiger partial charge in [-0.25, -0.2) is 0 Å². The van der Waals surface area contributed by atoms with Gasteiger partial charge in [0.2, 0.25) is 0 Å². The van der Waals surface area contributed by atoms with Crippen molar-refractivity contribution in [2.45, 2.75) is 70.5 Å². The van der Waals surface area contributed by atoms with Gasteiger partial charge in [0.05, 0.1) is 11.2 Å². The first-order valence-corrected chi connectivity index (χ1v) is 8.34. The zero-order chi connectivity index (χ0) is 15.8. The van der Waals surface area contributed by atoms with E-state index >= 15 is 0 Å². The first kappa shape index (κ1) is 15.8. The molecule has 0 saturated carbocycles. The number of aromatic nitrogens is 1. The predicted molar refractivity (Wildman–Crippen MR) is 90.3 cm³/mol. The topological polar surface area (TPSA) is 31.4 Å². The van der Waals surface area contributed by atoms with Crippen molar-refractivity contribution in [2.75, 3.05) is 0 Å². The lowest BCUT2D eigenvalue weighted by atomic mass is 9.78. The standard InChI is InChI=1S/C18H26BNO2/c1-17(2)18(3,4)22-19(21-17)16-11-15(12-20-13-16)14-9-7-5-6-8-10-14/h5,7,11-14H,6,8-10H2,1-4H3. The van der Waals surface area contributed by atoms with E-state index < -0.39 is 0 Å². The molecular weight excluding hydrogens is 273 g/mol. The molecule has 0 N–H and O–H groups in total. The summed E-state index contributed by atoms with van der Waals surface area (Å²) in [6, 6.07) is 2.22. The molecular formula is C18H26BNO2. The van der Waals surface area contributed by atoms with Gasteiger partial charge in [-0.2, -0.15) is 0 Å². The average Bonchev–Trinajstić information content (AvgIpc) is 2.67. The van der Waals surface area contributed by atoms with Crippen LogP contribution in [0.25, 0.3) is 0 Å². The summed E-state index contributed by atoms with van der Waals surface area (Å²) < 4.78 is 12.3. The molecule has 1 atom stereocenters. The minimum Gasteiger partial charge on any atom is -0.399 e. The molecule has 1 aliphatic heterocycles. The predicted octanol–water partition coefficient (Wildman–Crippen LogP) is 3.59. The van der Waals surface area contributed by atoms with Gasteiger partial charge in [0.25, 0.3) is 0 Å². The Kier molecular flexibility index (Phi) is 4.17. The van der Waals surface area contributed by atoms with Crippen molar-refractivity contribution in [2.24, 2.45) is 0 Å². The highest BCUT2D eigenvalue weighted by Gasteiger charge is 2.51. The van der Waals surface area contributed by atoms with E-state index in [2.05, 4.69) is 50.9 Å². The van der Waals surface area contributed by atoms with E-state index in [-0.39, 0.29) is 18.3 Å². The summed E-state index contributed by atoms with van der Waals surface area (Å²) in [4.78, 5) is 4.45. The van der Waals surface area contributed by atoms with Crippen molar-refractivity contribution in [1.29, 1.82) is 0 Å². The van der Waals surface area contributed by atoms with Gasteiger partial charge < -0.3 is 9.31 Å². The molecule has 22 heavy (non-hydrogen) atoms. The monoisotopic (exact) mass is 299 g/mol. The molecule has 1 aromatic heterocycles. The highest BCUT2D eigenvalue weighted by Crippen LogP contribution is 2.36. The number of allylic oxidation sites excluding steroid dienone is 2. The molecule has 1 saturated heterocycles. The Morgan fingerprint density at radius 2 is 1.82 bits per heavy atom. The second-order valence-corrected chi connectivity index (χ2v) is 7.47. The van der Waals surface area contributed by atoms with E-state index in [1.165, 1.54) is 24.8 Å². The van der Waals surface area contributed by atoms with Gasteiger partial charge in [0.1, 0.15) is 0 Å². The van der Waals surface area contributed by atoms with E-state index in [4.69, 9.17) is 9.31 Å². The van der Waals surface area contributed by atoms with Gasteiger partial charge in [0.15, 0.2) is 0 Å². The number of hydrogen-bond donors (Lipinski definition) is 0. The Balaban J connectivity index is 1.81. The van der Waals surface area contributed by atoms with Gasteiger partial charge in [0, 0.05) is 17.9 Å². The summed E-state index contributed by atoms with van der Waals surface area (Å²) in [5.74, 6) is 0.564. The van der Waals surface area contributed by atoms with Gasteiger partial charge in [-0.05, 0) is 64.9 Å². The molecule has 2 heterocycles. The third-order valence-electron chi connectivity index (χ3n) is 5.29. The van der Waals surface area contributed by atoms with Crippen molar-refractivity contribution >= 4 is 12.6 Å². The molecule has 3 rings (SSSR count). The fourth-order valence-corrected chi connectivity index (χ4v) is 3.09. The minimum atomic E-state index is -0.321. The maximum atomic E-state index is 6.14. The summed E-state index contributed by atoms with van der Waals surface area (Å²) >= 11 is 0. The lowest BCUT2D eigenvalue weighted by molar-refractivity contribution is 0.00578. The lowest BCUT2D eigenvalue weighted by Crippen LogP contribution is -2.41. The molecule has 1 fully saturated rings. The number of nitrogens with zero attached hydrogens (tertiary/aromatic N) is 1. The Morgan fingerprint density at radius 3 is 2.55 bits per heavy atom. The molecule has 2 aliphatic rings. The van der Waals surface area contributed by atoms with Crippen molar-refractivity contribution in [3.8, 4) is 0 Å². The summed E-state index contributed by atoms with van der Waals surface area (Å²) in [5.41, 5.74) is 1.72. The second kappa shape index (κ2) is 5.82. The van der Waals surface area contributed by atoms with Gasteiger partial charge in [-0.15, -0.1) is 0 Å². The van der Waals surface area contributed by atoms with E-state index in [9.17, 15) is 0 Å². The molecule has 4 heteroatoms. The van der Waals surface area contributed by atoms with Crippen molar-refractivity contribution in [1.82, 2.24) is 4.98 Å². The summed E-state index contributed by atoms with van der Waals surface area (Å²) in [6.45, 7) is 8.33. The van der Waals surface area contributed by atoms with Crippen LogP contribution in [0.15, 0.2) is 30.6 Å². The van der Waals surface area contributed by atoms with E-state index in [0.717, 1.165) is 11.9 Å². The van der Waals surface area contributed by atoms with Crippen LogP contribution in [0, 0.1) is 0 Å². The molecule has 0 amide bonds. The van der Waals surface area contributed by atoms with Crippen LogP contribution in [0.1, 0.15) is 64.9 Å². The molecule has 1 unspecified atom stereocenters. The van der Waals surface area contributed by atoms with Crippen molar-refractivity contribution < 1.29 is 9.31 Å². The van der Waals surface area contributed by atoms with E-state index in [1.807, 2.05) is 12.4 Å². The molecule has 1 aliphatic carbocycles. The lowest BCUT2D eigenvalue weighted by Gasteiger charge is -2.32. The fourth-order valence-electron chi connectivity index (χ4n) is 3.09. The third kappa shape index (κ3) is 2.99. The molecule has 118 valence electrons. The molecule has 0 radical (unpaired) electrons. The summed E-state index contributed by atoms with van der Waals surface area (Å²) in [7, 11) is -0.321. The maximum absolute atomic E-state index is 6.14. The van der Waals surface area contributed by atoms with Crippen molar-refractivity contribution in [3.05, 3.63) is 36.2 Å². The summed E-state index contributed by atoms with van der Waals surface area (Å²) in [5, 5.41) is 0. The number of pyridine rings is 1. The van der Waals surface area contributed by atoms with Crippen LogP contribution in [0.5, 0.6) is 0 Å². The first-order chi connectivity index (χ1) is 10.4. The fraction of sp³-hybridized carbons (Fsp3) is 0.611. The SMILES string of the molecule is CC1(C)OB(c2cncc(C3CC=CCCC3)c2)OC1(C)C. The van der Waals surface area contributed by atoms with E-state index in [1.54, 1.807) is 0 Å². The molecule has 0 aromatic carbocycles. The quantitative estimate of drug-likeness (QED) is 0.617. The molecule has 0 spiro atoms. The van der Waals surface area contributed by atoms with Crippen LogP contribution in [-0.2, 0) is 9.31 Å². The Hall–Kier alpha value is -1.13. The van der Waals surface area contributed by atoms with Gasteiger partial charge >= 0.3 is 7.12 Å². The Labute approximate surface area is 134 Å². The van der Waals surface area contributed by atoms with Crippen LogP contribution >= 0.6 is 0 Å². The summed E-state index contributed by atoms with van der Waals surface area (Å²) in [6.07, 6.45) is 13.3. The van der Waals surface area contributed by atoms with Crippen LogP contribution in [0.4, 0.5) is 0 Å². The second-order valence-electron chi connectivity index (χ2n) is 7.47. The smallest absolute Gasteiger partial charge is 0.399 e. The molecule has 0 bridgehead atoms. The Morgan fingerprint density at radius 1 is 1.09 bits per heavy atom. The molecule has 1 aromatic rings. The average molecular weight is 299 g/mol. The number of rotatable bonds is 2. The minimum absolute atomic E-state index is 0.307. The normalized spacial score (nSPS) is 26.9. The number of hydrogen-bond acceptors (Lipinski definition) is 3. The van der Waals surface area contributed by atoms with Crippen molar-refractivity contribution in [3.63, 3.8) is 0 Å². The highest BCUT2D eigenvalue weighted by atomic mass is 16.7. The van der Waals surface area contributed by atoms with Crippen LogP contribution in [0.2, 0.25) is 0 Å². The first-order valence-electron chi connectivity index (χ1n) is 8.34. The zero-order valence-electron chi connectivity index (χ0n) is 14.1. The van der Waals surface area contributed by atoms with E-state index in [0.29, 0.717) is 5.92 Å².